The quantitative estimate of drug-likeness (QED) is 0.523. The smallest absolute Gasteiger partial charge is 0.145 e. The number of nitrogens with zero attached hydrogens (tertiary/aromatic N) is 1. The summed E-state index contributed by atoms with van der Waals surface area (Å²) in [5.41, 5.74) is 6.64. The van der Waals surface area contributed by atoms with Crippen LogP contribution in [0, 0.1) is 0 Å². The number of nitrogen functional groups attached to an aromatic ring is 1. The molecule has 1 aliphatic rings. The standard InChI is InChI=1S/C15H20Br2N2O2.ClH/c1-15(2,3)19-4-5-20-11(8-19)9-21-10-6-12(16)14(18)13(17)7-10;/h6-7,9H,4-5,8,18H2,1-3H3;1H. The first-order valence-electron chi connectivity index (χ1n) is 6.75. The molecule has 0 saturated carbocycles. The van der Waals surface area contributed by atoms with Gasteiger partial charge in [-0.05, 0) is 64.8 Å². The SMILES string of the molecule is CC(C)(C)N1CCOC(=COc2cc(Br)c(N)c(Br)c2)C1.Cl. The highest BCUT2D eigenvalue weighted by Gasteiger charge is 2.25. The van der Waals surface area contributed by atoms with Crippen LogP contribution < -0.4 is 10.5 Å². The predicted molar refractivity (Wildman–Crippen MR) is 99.5 cm³/mol. The highest BCUT2D eigenvalue weighted by Crippen LogP contribution is 2.33. The van der Waals surface area contributed by atoms with E-state index in [4.69, 9.17) is 15.2 Å². The minimum atomic E-state index is 0. The molecule has 1 aromatic rings. The zero-order valence-corrected chi connectivity index (χ0v) is 16.8. The largest absolute Gasteiger partial charge is 0.492 e. The van der Waals surface area contributed by atoms with E-state index in [2.05, 4.69) is 57.5 Å². The fourth-order valence-corrected chi connectivity index (χ4v) is 3.15. The van der Waals surface area contributed by atoms with Crippen LogP contribution in [0.15, 0.2) is 33.1 Å². The number of ether oxygens (including phenoxy) is 2. The van der Waals surface area contributed by atoms with Crippen LogP contribution in [0.5, 0.6) is 5.75 Å². The Morgan fingerprint density at radius 2 is 1.86 bits per heavy atom. The summed E-state index contributed by atoms with van der Waals surface area (Å²) in [5.74, 6) is 1.53. The van der Waals surface area contributed by atoms with E-state index in [1.807, 2.05) is 12.1 Å². The molecule has 0 spiro atoms. The van der Waals surface area contributed by atoms with Crippen LogP contribution in [-0.4, -0.2) is 30.1 Å². The second kappa shape index (κ2) is 7.90. The third-order valence-electron chi connectivity index (χ3n) is 3.32. The number of anilines is 1. The second-order valence-electron chi connectivity index (χ2n) is 5.94. The predicted octanol–water partition coefficient (Wildman–Crippen LogP) is 4.57. The van der Waals surface area contributed by atoms with Crippen LogP contribution >= 0.6 is 44.3 Å². The Morgan fingerprint density at radius 1 is 1.27 bits per heavy atom. The van der Waals surface area contributed by atoms with Crippen molar-refractivity contribution in [2.45, 2.75) is 26.3 Å². The summed E-state index contributed by atoms with van der Waals surface area (Å²) < 4.78 is 12.9. The Bertz CT molecular complexity index is 536. The van der Waals surface area contributed by atoms with Gasteiger partial charge in [-0.3, -0.25) is 4.90 Å². The maximum atomic E-state index is 5.86. The number of rotatable bonds is 2. The maximum absolute atomic E-state index is 5.86. The van der Waals surface area contributed by atoms with Gasteiger partial charge in [-0.15, -0.1) is 12.4 Å². The van der Waals surface area contributed by atoms with E-state index in [1.54, 1.807) is 6.26 Å². The zero-order chi connectivity index (χ0) is 15.6. The molecule has 22 heavy (non-hydrogen) atoms. The van der Waals surface area contributed by atoms with Crippen LogP contribution in [0.25, 0.3) is 0 Å². The van der Waals surface area contributed by atoms with Gasteiger partial charge >= 0.3 is 0 Å². The van der Waals surface area contributed by atoms with Gasteiger partial charge in [0.15, 0.2) is 0 Å². The van der Waals surface area contributed by atoms with Gasteiger partial charge in [-0.2, -0.15) is 0 Å². The molecule has 0 aliphatic carbocycles. The topological polar surface area (TPSA) is 47.7 Å². The van der Waals surface area contributed by atoms with Crippen LogP contribution in [0.3, 0.4) is 0 Å². The molecule has 1 aliphatic heterocycles. The lowest BCUT2D eigenvalue weighted by Crippen LogP contribution is -2.47. The highest BCUT2D eigenvalue weighted by molar-refractivity contribution is 9.11. The average Bonchev–Trinajstić information content (AvgIpc) is 2.42. The molecule has 1 fully saturated rings. The molecule has 1 heterocycles. The van der Waals surface area contributed by atoms with E-state index in [0.29, 0.717) is 18.0 Å². The van der Waals surface area contributed by atoms with Crippen molar-refractivity contribution in [3.8, 4) is 5.75 Å². The average molecular weight is 457 g/mol. The van der Waals surface area contributed by atoms with Gasteiger partial charge in [0.05, 0.1) is 12.2 Å². The van der Waals surface area contributed by atoms with Crippen LogP contribution in [0.1, 0.15) is 20.8 Å². The first-order valence-corrected chi connectivity index (χ1v) is 8.34. The van der Waals surface area contributed by atoms with Crippen LogP contribution in [0.4, 0.5) is 5.69 Å². The third kappa shape index (κ3) is 5.05. The summed E-state index contributed by atoms with van der Waals surface area (Å²) in [6, 6.07) is 3.67. The summed E-state index contributed by atoms with van der Waals surface area (Å²) in [6.07, 6.45) is 1.67. The van der Waals surface area contributed by atoms with Gasteiger partial charge in [0.25, 0.3) is 0 Å². The summed E-state index contributed by atoms with van der Waals surface area (Å²) in [5, 5.41) is 0. The fourth-order valence-electron chi connectivity index (χ4n) is 2.01. The number of nitrogens with two attached hydrogens (primary N) is 1. The Hall–Kier alpha value is -0.430. The van der Waals surface area contributed by atoms with E-state index in [9.17, 15) is 0 Å². The highest BCUT2D eigenvalue weighted by atomic mass is 79.9. The molecule has 4 nitrogen and oxygen atoms in total. The van der Waals surface area contributed by atoms with Crippen molar-refractivity contribution in [3.63, 3.8) is 0 Å². The van der Waals surface area contributed by atoms with Crippen molar-refractivity contribution in [2.24, 2.45) is 0 Å². The molecule has 2 rings (SSSR count). The Kier molecular flexibility index (Phi) is 7.05. The van der Waals surface area contributed by atoms with Crippen molar-refractivity contribution >= 4 is 50.0 Å². The number of morpholine rings is 1. The minimum Gasteiger partial charge on any atom is -0.492 e. The van der Waals surface area contributed by atoms with Crippen molar-refractivity contribution < 1.29 is 9.47 Å². The number of benzene rings is 1. The first kappa shape index (κ1) is 19.6. The molecule has 0 unspecified atom stereocenters. The third-order valence-corrected chi connectivity index (χ3v) is 4.64. The number of hydrogen-bond donors (Lipinski definition) is 1. The molecule has 1 aromatic carbocycles. The molecule has 0 aromatic heterocycles. The molecule has 7 heteroatoms. The van der Waals surface area contributed by atoms with Crippen molar-refractivity contribution in [3.05, 3.63) is 33.1 Å². The molecule has 2 N–H and O–H groups in total. The summed E-state index contributed by atoms with van der Waals surface area (Å²) in [7, 11) is 0. The lowest BCUT2D eigenvalue weighted by Gasteiger charge is -2.38. The fraction of sp³-hybridized carbons (Fsp3) is 0.467. The molecule has 124 valence electrons. The van der Waals surface area contributed by atoms with Crippen molar-refractivity contribution in [1.82, 2.24) is 4.90 Å². The Balaban J connectivity index is 0.00000242. The van der Waals surface area contributed by atoms with Gasteiger partial charge in [0.2, 0.25) is 0 Å². The van der Waals surface area contributed by atoms with E-state index >= 15 is 0 Å². The van der Waals surface area contributed by atoms with Gasteiger partial charge in [-0.1, -0.05) is 0 Å². The van der Waals surface area contributed by atoms with Crippen molar-refractivity contribution in [1.29, 1.82) is 0 Å². The molecular weight excluding hydrogens is 435 g/mol. The monoisotopic (exact) mass is 454 g/mol. The molecule has 1 saturated heterocycles. The minimum absolute atomic E-state index is 0. The maximum Gasteiger partial charge on any atom is 0.145 e. The first-order chi connectivity index (χ1) is 9.77. The van der Waals surface area contributed by atoms with E-state index < -0.39 is 0 Å². The molecular formula is C15H21Br2ClN2O2. The normalized spacial score (nSPS) is 17.8. The Labute approximate surface area is 154 Å². The van der Waals surface area contributed by atoms with Crippen molar-refractivity contribution in [2.75, 3.05) is 25.4 Å². The molecule has 0 bridgehead atoms. The molecule has 0 amide bonds. The van der Waals surface area contributed by atoms with Gasteiger partial charge in [-0.25, -0.2) is 0 Å². The van der Waals surface area contributed by atoms with Crippen LogP contribution in [-0.2, 0) is 4.74 Å². The second-order valence-corrected chi connectivity index (χ2v) is 7.65. The molecule has 0 atom stereocenters. The van der Waals surface area contributed by atoms with E-state index in [-0.39, 0.29) is 17.9 Å². The van der Waals surface area contributed by atoms with E-state index in [1.165, 1.54) is 0 Å². The number of hydrogen-bond acceptors (Lipinski definition) is 4. The zero-order valence-electron chi connectivity index (χ0n) is 12.9. The van der Waals surface area contributed by atoms with Gasteiger partial charge in [0, 0.05) is 21.0 Å². The summed E-state index contributed by atoms with van der Waals surface area (Å²) >= 11 is 6.81. The molecule has 0 radical (unpaired) electrons. The Morgan fingerprint density at radius 3 is 2.41 bits per heavy atom. The lowest BCUT2D eigenvalue weighted by molar-refractivity contribution is 0.0360. The lowest BCUT2D eigenvalue weighted by atomic mass is 10.1. The van der Waals surface area contributed by atoms with Gasteiger partial charge in [0.1, 0.15) is 24.4 Å². The number of halogens is 3. The summed E-state index contributed by atoms with van der Waals surface area (Å²) in [4.78, 5) is 2.36. The van der Waals surface area contributed by atoms with Crippen LogP contribution in [0.2, 0.25) is 0 Å². The summed E-state index contributed by atoms with van der Waals surface area (Å²) in [6.45, 7) is 8.96. The van der Waals surface area contributed by atoms with E-state index in [0.717, 1.165) is 27.8 Å². The van der Waals surface area contributed by atoms with Gasteiger partial charge < -0.3 is 15.2 Å².